The molecule has 0 saturated carbocycles. The van der Waals surface area contributed by atoms with Gasteiger partial charge in [0.15, 0.2) is 11.6 Å². The van der Waals surface area contributed by atoms with Crippen LogP contribution in [0.2, 0.25) is 0 Å². The molecular weight excluding hydrogens is 276 g/mol. The average Bonchev–Trinajstić information content (AvgIpc) is 2.56. The van der Waals surface area contributed by atoms with Gasteiger partial charge in [-0.05, 0) is 23.3 Å². The fourth-order valence-electron chi connectivity index (χ4n) is 3.20. The minimum Gasteiger partial charge on any atom is -0.507 e. The highest BCUT2D eigenvalue weighted by Crippen LogP contribution is 2.40. The first-order valence-electron chi connectivity index (χ1n) is 7.04. The highest BCUT2D eigenvalue weighted by Gasteiger charge is 2.34. The van der Waals surface area contributed by atoms with E-state index in [1.54, 1.807) is 31.2 Å². The van der Waals surface area contributed by atoms with Gasteiger partial charge in [-0.3, -0.25) is 9.59 Å². The van der Waals surface area contributed by atoms with Gasteiger partial charge in [-0.1, -0.05) is 48.5 Å². The standard InChI is InChI=1S/C19H12O3/c1-10-11-6-2-3-7-12(11)15-16(17(10)20)19(22)14-9-5-4-8-13(14)18(15)21/h2-9,20H,1H3. The van der Waals surface area contributed by atoms with Gasteiger partial charge >= 0.3 is 0 Å². The summed E-state index contributed by atoms with van der Waals surface area (Å²) in [6.45, 7) is 1.76. The van der Waals surface area contributed by atoms with Crippen LogP contribution in [0.1, 0.15) is 37.4 Å². The van der Waals surface area contributed by atoms with Crippen LogP contribution in [-0.2, 0) is 0 Å². The number of phenols is 1. The van der Waals surface area contributed by atoms with Crippen molar-refractivity contribution in [2.24, 2.45) is 0 Å². The predicted molar refractivity (Wildman–Crippen MR) is 83.7 cm³/mol. The number of hydrogen-bond acceptors (Lipinski definition) is 3. The summed E-state index contributed by atoms with van der Waals surface area (Å²) in [5.41, 5.74) is 1.80. The first-order chi connectivity index (χ1) is 10.6. The molecule has 22 heavy (non-hydrogen) atoms. The van der Waals surface area contributed by atoms with Crippen LogP contribution in [-0.4, -0.2) is 16.7 Å². The third-order valence-corrected chi connectivity index (χ3v) is 4.31. The van der Waals surface area contributed by atoms with E-state index >= 15 is 0 Å². The molecule has 106 valence electrons. The number of carbonyl (C=O) groups is 2. The van der Waals surface area contributed by atoms with Crippen molar-refractivity contribution < 1.29 is 14.7 Å². The molecule has 3 aromatic rings. The second-order valence-electron chi connectivity index (χ2n) is 5.47. The Hall–Kier alpha value is -2.94. The molecule has 0 bridgehead atoms. The molecule has 4 rings (SSSR count). The largest absolute Gasteiger partial charge is 0.507 e. The Morgan fingerprint density at radius 3 is 1.86 bits per heavy atom. The van der Waals surface area contributed by atoms with Gasteiger partial charge in [0, 0.05) is 16.7 Å². The summed E-state index contributed by atoms with van der Waals surface area (Å²) in [7, 11) is 0. The van der Waals surface area contributed by atoms with E-state index in [2.05, 4.69) is 0 Å². The fraction of sp³-hybridized carbons (Fsp3) is 0.0526. The van der Waals surface area contributed by atoms with Crippen LogP contribution in [0, 0.1) is 6.92 Å². The molecule has 0 fully saturated rings. The number of aromatic hydroxyl groups is 1. The second-order valence-corrected chi connectivity index (χ2v) is 5.47. The SMILES string of the molecule is Cc1c(O)c2c(c3ccccc13)C(=O)c1ccccc1C2=O. The van der Waals surface area contributed by atoms with Crippen molar-refractivity contribution in [1.82, 2.24) is 0 Å². The summed E-state index contributed by atoms with van der Waals surface area (Å²) in [5, 5.41) is 12.0. The molecule has 0 spiro atoms. The van der Waals surface area contributed by atoms with Gasteiger partial charge in [0.25, 0.3) is 0 Å². The Morgan fingerprint density at radius 2 is 1.23 bits per heavy atom. The van der Waals surface area contributed by atoms with E-state index in [-0.39, 0.29) is 22.9 Å². The molecule has 1 aliphatic rings. The number of ketones is 2. The number of phenolic OH excluding ortho intramolecular Hbond substituents is 1. The van der Waals surface area contributed by atoms with E-state index in [9.17, 15) is 14.7 Å². The van der Waals surface area contributed by atoms with Gasteiger partial charge < -0.3 is 5.11 Å². The summed E-state index contributed by atoms with van der Waals surface area (Å²) in [4.78, 5) is 25.6. The molecule has 1 N–H and O–H groups in total. The minimum atomic E-state index is -0.295. The molecule has 0 heterocycles. The minimum absolute atomic E-state index is 0.0958. The molecule has 1 aliphatic carbocycles. The summed E-state index contributed by atoms with van der Waals surface area (Å²) < 4.78 is 0. The number of benzene rings is 3. The lowest BCUT2D eigenvalue weighted by atomic mass is 9.80. The Kier molecular flexibility index (Phi) is 2.48. The van der Waals surface area contributed by atoms with Crippen molar-refractivity contribution in [2.75, 3.05) is 0 Å². The van der Waals surface area contributed by atoms with Crippen LogP contribution in [0.15, 0.2) is 48.5 Å². The van der Waals surface area contributed by atoms with Gasteiger partial charge in [-0.25, -0.2) is 0 Å². The normalized spacial score (nSPS) is 13.1. The Bertz CT molecular complexity index is 983. The molecule has 3 nitrogen and oxygen atoms in total. The smallest absolute Gasteiger partial charge is 0.198 e. The lowest BCUT2D eigenvalue weighted by Crippen LogP contribution is -2.21. The van der Waals surface area contributed by atoms with Crippen LogP contribution in [0.4, 0.5) is 0 Å². The number of hydrogen-bond donors (Lipinski definition) is 1. The van der Waals surface area contributed by atoms with Gasteiger partial charge in [-0.2, -0.15) is 0 Å². The molecule has 0 aliphatic heterocycles. The first kappa shape index (κ1) is 12.8. The van der Waals surface area contributed by atoms with Crippen LogP contribution in [0.5, 0.6) is 5.75 Å². The van der Waals surface area contributed by atoms with E-state index in [1.807, 2.05) is 24.3 Å². The van der Waals surface area contributed by atoms with E-state index in [4.69, 9.17) is 0 Å². The first-order valence-corrected chi connectivity index (χ1v) is 7.04. The third-order valence-electron chi connectivity index (χ3n) is 4.31. The summed E-state index contributed by atoms with van der Waals surface area (Å²) >= 11 is 0. The van der Waals surface area contributed by atoms with Crippen molar-refractivity contribution in [3.8, 4) is 5.75 Å². The second kappa shape index (κ2) is 4.28. The Labute approximate surface area is 126 Å². The highest BCUT2D eigenvalue weighted by molar-refractivity contribution is 6.33. The number of aryl methyl sites for hydroxylation is 1. The van der Waals surface area contributed by atoms with E-state index < -0.39 is 0 Å². The third kappa shape index (κ3) is 1.45. The highest BCUT2D eigenvalue weighted by atomic mass is 16.3. The Morgan fingerprint density at radius 1 is 0.727 bits per heavy atom. The molecule has 0 unspecified atom stereocenters. The molecule has 0 atom stereocenters. The maximum atomic E-state index is 12.9. The van der Waals surface area contributed by atoms with E-state index in [1.165, 1.54) is 0 Å². The van der Waals surface area contributed by atoms with Crippen molar-refractivity contribution in [1.29, 1.82) is 0 Å². The van der Waals surface area contributed by atoms with Gasteiger partial charge in [0.2, 0.25) is 0 Å². The van der Waals surface area contributed by atoms with E-state index in [0.29, 0.717) is 27.6 Å². The molecular formula is C19H12O3. The molecule has 0 saturated heterocycles. The zero-order valence-electron chi connectivity index (χ0n) is 11.9. The molecule has 0 amide bonds. The predicted octanol–water partition coefficient (Wildman–Crippen LogP) is 3.63. The quantitative estimate of drug-likeness (QED) is 0.537. The zero-order valence-corrected chi connectivity index (χ0v) is 11.9. The van der Waals surface area contributed by atoms with Crippen molar-refractivity contribution >= 4 is 22.3 Å². The lowest BCUT2D eigenvalue weighted by molar-refractivity contribution is 0.0978. The molecule has 3 heteroatoms. The van der Waals surface area contributed by atoms with Gasteiger partial charge in [0.05, 0.1) is 5.56 Å². The topological polar surface area (TPSA) is 54.4 Å². The summed E-state index contributed by atoms with van der Waals surface area (Å²) in [6, 6.07) is 14.1. The monoisotopic (exact) mass is 288 g/mol. The molecule has 0 aromatic heterocycles. The van der Waals surface area contributed by atoms with Gasteiger partial charge in [0.1, 0.15) is 5.75 Å². The number of rotatable bonds is 0. The van der Waals surface area contributed by atoms with Crippen molar-refractivity contribution in [3.63, 3.8) is 0 Å². The maximum absolute atomic E-state index is 12.9. The average molecular weight is 288 g/mol. The van der Waals surface area contributed by atoms with Crippen LogP contribution in [0.3, 0.4) is 0 Å². The van der Waals surface area contributed by atoms with Crippen LogP contribution in [0.25, 0.3) is 10.8 Å². The molecule has 0 radical (unpaired) electrons. The summed E-state index contributed by atoms with van der Waals surface area (Å²) in [6.07, 6.45) is 0. The van der Waals surface area contributed by atoms with Crippen LogP contribution >= 0.6 is 0 Å². The van der Waals surface area contributed by atoms with Crippen molar-refractivity contribution in [3.05, 3.63) is 76.3 Å². The summed E-state index contributed by atoms with van der Waals surface area (Å²) in [5.74, 6) is -0.602. The lowest BCUT2D eigenvalue weighted by Gasteiger charge is -2.21. The maximum Gasteiger partial charge on any atom is 0.198 e. The van der Waals surface area contributed by atoms with Crippen LogP contribution < -0.4 is 0 Å². The van der Waals surface area contributed by atoms with Gasteiger partial charge in [-0.15, -0.1) is 0 Å². The fourth-order valence-corrected chi connectivity index (χ4v) is 3.20. The number of fused-ring (bicyclic) bond motifs is 4. The van der Waals surface area contributed by atoms with E-state index in [0.717, 1.165) is 5.39 Å². The number of carbonyl (C=O) groups excluding carboxylic acids is 2. The zero-order chi connectivity index (χ0) is 15.4. The van der Waals surface area contributed by atoms with Crippen molar-refractivity contribution in [2.45, 2.75) is 6.92 Å². The molecule has 3 aromatic carbocycles. The Balaban J connectivity index is 2.22.